The Hall–Kier alpha value is -1.10. The molecule has 18 heavy (non-hydrogen) atoms. The molecule has 1 heterocycles. The van der Waals surface area contributed by atoms with Gasteiger partial charge in [-0.2, -0.15) is 0 Å². The maximum Gasteiger partial charge on any atom is 0.225 e. The number of hydrogen-bond acceptors (Lipinski definition) is 3. The lowest BCUT2D eigenvalue weighted by Crippen LogP contribution is -2.34. The van der Waals surface area contributed by atoms with Crippen LogP contribution in [0.5, 0.6) is 0 Å². The molecule has 0 spiro atoms. The average molecular weight is 255 g/mol. The zero-order valence-electron chi connectivity index (χ0n) is 11.7. The van der Waals surface area contributed by atoms with Crippen molar-refractivity contribution in [2.45, 2.75) is 26.2 Å². The lowest BCUT2D eigenvalue weighted by atomic mass is 10.1. The van der Waals surface area contributed by atoms with E-state index in [1.54, 1.807) is 0 Å². The van der Waals surface area contributed by atoms with Crippen molar-refractivity contribution in [3.05, 3.63) is 0 Å². The molecule has 104 valence electrons. The van der Waals surface area contributed by atoms with Gasteiger partial charge < -0.3 is 15.1 Å². The number of rotatable bonds is 7. The van der Waals surface area contributed by atoms with Crippen molar-refractivity contribution in [3.8, 4) is 0 Å². The van der Waals surface area contributed by atoms with Gasteiger partial charge in [-0.3, -0.25) is 9.59 Å². The third-order valence-corrected chi connectivity index (χ3v) is 3.17. The summed E-state index contributed by atoms with van der Waals surface area (Å²) in [6.45, 7) is 5.03. The lowest BCUT2D eigenvalue weighted by Gasteiger charge is -2.18. The summed E-state index contributed by atoms with van der Waals surface area (Å²) < 4.78 is 0. The molecule has 1 N–H and O–H groups in total. The van der Waals surface area contributed by atoms with Crippen LogP contribution in [0.2, 0.25) is 0 Å². The van der Waals surface area contributed by atoms with Crippen molar-refractivity contribution in [1.82, 2.24) is 15.1 Å². The van der Waals surface area contributed by atoms with Crippen LogP contribution in [0.4, 0.5) is 0 Å². The van der Waals surface area contributed by atoms with Crippen molar-refractivity contribution in [3.63, 3.8) is 0 Å². The van der Waals surface area contributed by atoms with E-state index in [1.807, 2.05) is 25.9 Å². The minimum absolute atomic E-state index is 0.0281. The summed E-state index contributed by atoms with van der Waals surface area (Å²) in [4.78, 5) is 27.5. The van der Waals surface area contributed by atoms with Gasteiger partial charge in [-0.05, 0) is 33.5 Å². The van der Waals surface area contributed by atoms with Crippen molar-refractivity contribution in [2.24, 2.45) is 5.92 Å². The highest BCUT2D eigenvalue weighted by Gasteiger charge is 2.33. The quantitative estimate of drug-likeness (QED) is 0.712. The Labute approximate surface area is 110 Å². The number of hydrogen-bond donors (Lipinski definition) is 1. The minimum Gasteiger partial charge on any atom is -0.356 e. The summed E-state index contributed by atoms with van der Waals surface area (Å²) in [5.74, 6) is -0.00544. The van der Waals surface area contributed by atoms with Crippen LogP contribution in [0.3, 0.4) is 0 Å². The van der Waals surface area contributed by atoms with Crippen molar-refractivity contribution in [2.75, 3.05) is 40.3 Å². The van der Waals surface area contributed by atoms with E-state index in [0.29, 0.717) is 19.5 Å². The zero-order chi connectivity index (χ0) is 13.5. The summed E-state index contributed by atoms with van der Waals surface area (Å²) in [6.07, 6.45) is 2.26. The molecule has 1 atom stereocenters. The van der Waals surface area contributed by atoms with Crippen LogP contribution < -0.4 is 5.32 Å². The average Bonchev–Trinajstić information content (AvgIpc) is 2.67. The third kappa shape index (κ3) is 4.64. The lowest BCUT2D eigenvalue weighted by molar-refractivity contribution is -0.129. The zero-order valence-corrected chi connectivity index (χ0v) is 11.7. The normalized spacial score (nSPS) is 19.7. The third-order valence-electron chi connectivity index (χ3n) is 3.17. The molecule has 2 amide bonds. The van der Waals surface area contributed by atoms with Gasteiger partial charge in [0.15, 0.2) is 0 Å². The summed E-state index contributed by atoms with van der Waals surface area (Å²) in [5.41, 5.74) is 0. The van der Waals surface area contributed by atoms with Gasteiger partial charge >= 0.3 is 0 Å². The molecule has 0 aromatic carbocycles. The van der Waals surface area contributed by atoms with E-state index >= 15 is 0 Å². The summed E-state index contributed by atoms with van der Waals surface area (Å²) in [7, 11) is 4.04. The number of carbonyl (C=O) groups is 2. The van der Waals surface area contributed by atoms with Gasteiger partial charge in [-0.1, -0.05) is 6.92 Å². The van der Waals surface area contributed by atoms with E-state index < -0.39 is 0 Å². The molecule has 1 aliphatic heterocycles. The molecule has 1 rings (SSSR count). The monoisotopic (exact) mass is 255 g/mol. The minimum atomic E-state index is -0.150. The molecule has 1 fully saturated rings. The Morgan fingerprint density at radius 2 is 2.22 bits per heavy atom. The number of nitrogens with zero attached hydrogens (tertiary/aromatic N) is 2. The second kappa shape index (κ2) is 7.36. The molecular formula is C13H25N3O2. The highest BCUT2D eigenvalue weighted by Crippen LogP contribution is 2.18. The van der Waals surface area contributed by atoms with Gasteiger partial charge in [0.25, 0.3) is 0 Å². The molecule has 0 aliphatic carbocycles. The van der Waals surface area contributed by atoms with Gasteiger partial charge in [0, 0.05) is 26.1 Å². The fraction of sp³-hybridized carbons (Fsp3) is 0.846. The van der Waals surface area contributed by atoms with Crippen molar-refractivity contribution < 1.29 is 9.59 Å². The fourth-order valence-corrected chi connectivity index (χ4v) is 2.13. The smallest absolute Gasteiger partial charge is 0.225 e. The van der Waals surface area contributed by atoms with Crippen LogP contribution in [0.1, 0.15) is 26.2 Å². The molecule has 1 saturated heterocycles. The molecule has 1 aliphatic rings. The fourth-order valence-electron chi connectivity index (χ4n) is 2.13. The highest BCUT2D eigenvalue weighted by atomic mass is 16.2. The largest absolute Gasteiger partial charge is 0.356 e. The van der Waals surface area contributed by atoms with E-state index in [0.717, 1.165) is 25.9 Å². The number of likely N-dealkylation sites (tertiary alicyclic amines) is 1. The van der Waals surface area contributed by atoms with Gasteiger partial charge in [0.1, 0.15) is 0 Å². The first-order valence-electron chi connectivity index (χ1n) is 6.74. The molecule has 0 saturated carbocycles. The Kier molecular flexibility index (Phi) is 6.12. The molecule has 1 unspecified atom stereocenters. The maximum absolute atomic E-state index is 11.8. The predicted molar refractivity (Wildman–Crippen MR) is 71.2 cm³/mol. The van der Waals surface area contributed by atoms with Crippen LogP contribution >= 0.6 is 0 Å². The van der Waals surface area contributed by atoms with E-state index in [2.05, 4.69) is 10.2 Å². The molecule has 5 nitrogen and oxygen atoms in total. The van der Waals surface area contributed by atoms with Crippen LogP contribution in [0.25, 0.3) is 0 Å². The van der Waals surface area contributed by atoms with Crippen LogP contribution in [-0.4, -0.2) is 61.9 Å². The first-order valence-corrected chi connectivity index (χ1v) is 6.74. The molecule has 0 aromatic rings. The Morgan fingerprint density at radius 1 is 1.50 bits per heavy atom. The topological polar surface area (TPSA) is 52.7 Å². The second-order valence-corrected chi connectivity index (χ2v) is 5.19. The van der Waals surface area contributed by atoms with E-state index in [9.17, 15) is 9.59 Å². The Bertz CT molecular complexity index is 292. The standard InChI is InChI=1S/C13H25N3O2/c1-4-6-14-13(18)11-9-12(17)16(10-11)8-5-7-15(2)3/h11H,4-10H2,1-3H3,(H,14,18). The summed E-state index contributed by atoms with van der Waals surface area (Å²) in [5, 5.41) is 2.86. The maximum atomic E-state index is 11.8. The highest BCUT2D eigenvalue weighted by molar-refractivity contribution is 5.89. The van der Waals surface area contributed by atoms with Crippen LogP contribution in [0, 0.1) is 5.92 Å². The predicted octanol–water partition coefficient (Wildman–Crippen LogP) is 0.313. The number of nitrogens with one attached hydrogen (secondary N) is 1. The van der Waals surface area contributed by atoms with E-state index in [-0.39, 0.29) is 17.7 Å². The molecule has 0 radical (unpaired) electrons. The number of amides is 2. The van der Waals surface area contributed by atoms with Crippen LogP contribution in [0.15, 0.2) is 0 Å². The summed E-state index contributed by atoms with van der Waals surface area (Å²) in [6, 6.07) is 0. The SMILES string of the molecule is CCCNC(=O)C1CC(=O)N(CCCN(C)C)C1. The molecule has 5 heteroatoms. The first-order chi connectivity index (χ1) is 8.54. The van der Waals surface area contributed by atoms with Crippen molar-refractivity contribution in [1.29, 1.82) is 0 Å². The molecular weight excluding hydrogens is 230 g/mol. The van der Waals surface area contributed by atoms with Crippen molar-refractivity contribution >= 4 is 11.8 Å². The van der Waals surface area contributed by atoms with Gasteiger partial charge in [0.2, 0.25) is 11.8 Å². The van der Waals surface area contributed by atoms with E-state index in [1.165, 1.54) is 0 Å². The van der Waals surface area contributed by atoms with Crippen LogP contribution in [-0.2, 0) is 9.59 Å². The molecule has 0 aromatic heterocycles. The first kappa shape index (κ1) is 15.0. The Morgan fingerprint density at radius 3 is 2.83 bits per heavy atom. The summed E-state index contributed by atoms with van der Waals surface area (Å²) >= 11 is 0. The molecule has 0 bridgehead atoms. The second-order valence-electron chi connectivity index (χ2n) is 5.19. The Balaban J connectivity index is 2.32. The van der Waals surface area contributed by atoms with E-state index in [4.69, 9.17) is 0 Å². The van der Waals surface area contributed by atoms with Gasteiger partial charge in [-0.25, -0.2) is 0 Å². The number of carbonyl (C=O) groups excluding carboxylic acids is 2. The van der Waals surface area contributed by atoms with Gasteiger partial charge in [-0.15, -0.1) is 0 Å². The van der Waals surface area contributed by atoms with Gasteiger partial charge in [0.05, 0.1) is 5.92 Å².